The molecular formula is C27H29N3O2S. The van der Waals surface area contributed by atoms with Crippen molar-refractivity contribution in [1.82, 2.24) is 4.90 Å². The molecular weight excluding hydrogens is 430 g/mol. The van der Waals surface area contributed by atoms with Crippen LogP contribution in [0.15, 0.2) is 78.9 Å². The van der Waals surface area contributed by atoms with E-state index < -0.39 is 11.0 Å². The molecule has 3 aromatic carbocycles. The van der Waals surface area contributed by atoms with Crippen LogP contribution in [0.2, 0.25) is 0 Å². The Morgan fingerprint density at radius 2 is 1.45 bits per heavy atom. The summed E-state index contributed by atoms with van der Waals surface area (Å²) in [5, 5.41) is 3.12. The largest absolute Gasteiger partial charge is 0.326 e. The fourth-order valence-electron chi connectivity index (χ4n) is 4.87. The quantitative estimate of drug-likeness (QED) is 0.528. The Morgan fingerprint density at radius 3 is 2.03 bits per heavy atom. The first-order valence-electron chi connectivity index (χ1n) is 11.6. The summed E-state index contributed by atoms with van der Waals surface area (Å²) in [6, 6.07) is 25.7. The minimum atomic E-state index is -1.18. The van der Waals surface area contributed by atoms with Crippen LogP contribution in [-0.2, 0) is 21.5 Å². The van der Waals surface area contributed by atoms with Gasteiger partial charge >= 0.3 is 0 Å². The summed E-state index contributed by atoms with van der Waals surface area (Å²) in [5.74, 6) is 1.26. The standard InChI is InChI=1S/C27H29N3O2S/c31-27(26-18-30-16-14-23(26)15-17-30)28-24-10-6-21(7-11-24)22-8-12-25(13-9-22)29-33(32)19-20-4-2-1-3-5-20/h1-13,23,26,29H,14-19H2,(H,28,31)/t26-,33?/m0/s1. The van der Waals surface area contributed by atoms with E-state index in [1.165, 1.54) is 0 Å². The van der Waals surface area contributed by atoms with Crippen molar-refractivity contribution in [3.8, 4) is 11.1 Å². The minimum Gasteiger partial charge on any atom is -0.326 e. The fraction of sp³-hybridized carbons (Fsp3) is 0.296. The average Bonchev–Trinajstić information content (AvgIpc) is 2.86. The molecule has 2 N–H and O–H groups in total. The summed E-state index contributed by atoms with van der Waals surface area (Å²) >= 11 is 0. The van der Waals surface area contributed by atoms with Crippen LogP contribution >= 0.6 is 0 Å². The maximum atomic E-state index is 12.8. The van der Waals surface area contributed by atoms with E-state index in [1.54, 1.807) is 0 Å². The number of hydrogen-bond donors (Lipinski definition) is 2. The van der Waals surface area contributed by atoms with E-state index in [2.05, 4.69) is 14.9 Å². The highest BCUT2D eigenvalue weighted by Crippen LogP contribution is 2.33. The third-order valence-electron chi connectivity index (χ3n) is 6.74. The van der Waals surface area contributed by atoms with Crippen molar-refractivity contribution in [3.63, 3.8) is 0 Å². The normalized spacial score (nSPS) is 22.5. The lowest BCUT2D eigenvalue weighted by Crippen LogP contribution is -2.51. The molecule has 2 atom stereocenters. The van der Waals surface area contributed by atoms with Crippen molar-refractivity contribution in [2.45, 2.75) is 18.6 Å². The van der Waals surface area contributed by atoms with Gasteiger partial charge in [0, 0.05) is 17.9 Å². The van der Waals surface area contributed by atoms with E-state index in [1.807, 2.05) is 78.9 Å². The molecule has 6 heteroatoms. The highest BCUT2D eigenvalue weighted by molar-refractivity contribution is 7.85. The SMILES string of the molecule is O=C(Nc1ccc(-c2ccc(NS(=O)Cc3ccccc3)cc2)cc1)[C@H]1CN2CCC1CC2. The summed E-state index contributed by atoms with van der Waals surface area (Å²) in [4.78, 5) is 15.2. The Morgan fingerprint density at radius 1 is 0.848 bits per heavy atom. The van der Waals surface area contributed by atoms with E-state index >= 15 is 0 Å². The van der Waals surface area contributed by atoms with Gasteiger partial charge in [-0.05, 0) is 72.8 Å². The molecule has 3 fully saturated rings. The number of amides is 1. The van der Waals surface area contributed by atoms with Crippen LogP contribution in [0.3, 0.4) is 0 Å². The molecule has 5 nitrogen and oxygen atoms in total. The maximum Gasteiger partial charge on any atom is 0.229 e. The smallest absolute Gasteiger partial charge is 0.229 e. The molecule has 6 rings (SSSR count). The second kappa shape index (κ2) is 9.89. The van der Waals surface area contributed by atoms with Crippen molar-refractivity contribution >= 4 is 28.3 Å². The Balaban J connectivity index is 1.17. The first-order valence-corrected chi connectivity index (χ1v) is 12.9. The summed E-state index contributed by atoms with van der Waals surface area (Å²) in [7, 11) is -1.18. The molecule has 2 bridgehead atoms. The third-order valence-corrected chi connectivity index (χ3v) is 7.79. The number of nitrogens with one attached hydrogen (secondary N) is 2. The monoisotopic (exact) mass is 459 g/mol. The summed E-state index contributed by atoms with van der Waals surface area (Å²) in [6.07, 6.45) is 2.28. The first-order chi connectivity index (χ1) is 16.1. The van der Waals surface area contributed by atoms with Crippen LogP contribution in [0, 0.1) is 11.8 Å². The number of carbonyl (C=O) groups excluding carboxylic acids is 1. The predicted molar refractivity (Wildman–Crippen MR) is 135 cm³/mol. The molecule has 33 heavy (non-hydrogen) atoms. The van der Waals surface area contributed by atoms with Crippen LogP contribution in [-0.4, -0.2) is 34.7 Å². The van der Waals surface area contributed by atoms with Crippen molar-refractivity contribution in [2.24, 2.45) is 11.8 Å². The third kappa shape index (κ3) is 5.34. The number of fused-ring (bicyclic) bond motifs is 3. The number of carbonyl (C=O) groups is 1. The highest BCUT2D eigenvalue weighted by Gasteiger charge is 2.38. The number of nitrogens with zero attached hydrogens (tertiary/aromatic N) is 1. The van der Waals surface area contributed by atoms with Gasteiger partial charge in [-0.2, -0.15) is 0 Å². The molecule has 170 valence electrons. The number of hydrogen-bond acceptors (Lipinski definition) is 3. The molecule has 1 unspecified atom stereocenters. The second-order valence-corrected chi connectivity index (χ2v) is 10.1. The molecule has 3 heterocycles. The van der Waals surface area contributed by atoms with E-state index in [9.17, 15) is 9.00 Å². The number of rotatable bonds is 7. The fourth-order valence-corrected chi connectivity index (χ4v) is 5.83. The van der Waals surface area contributed by atoms with Crippen LogP contribution in [0.25, 0.3) is 11.1 Å². The molecule has 3 aliphatic rings. The highest BCUT2D eigenvalue weighted by atomic mass is 32.2. The van der Waals surface area contributed by atoms with Gasteiger partial charge in [0.15, 0.2) is 0 Å². The maximum absolute atomic E-state index is 12.8. The Labute approximate surface area is 197 Å². The van der Waals surface area contributed by atoms with Gasteiger partial charge in [0.1, 0.15) is 11.0 Å². The summed E-state index contributed by atoms with van der Waals surface area (Å²) in [5.41, 5.74) is 4.86. The van der Waals surface area contributed by atoms with Crippen molar-refractivity contribution in [3.05, 3.63) is 84.4 Å². The molecule has 3 saturated heterocycles. The molecule has 3 aliphatic heterocycles. The van der Waals surface area contributed by atoms with Gasteiger partial charge in [-0.3, -0.25) is 4.79 Å². The van der Waals surface area contributed by atoms with Gasteiger partial charge in [-0.25, -0.2) is 4.21 Å². The van der Waals surface area contributed by atoms with Crippen LogP contribution in [0.4, 0.5) is 11.4 Å². The lowest BCUT2D eigenvalue weighted by molar-refractivity contribution is -0.125. The van der Waals surface area contributed by atoms with Gasteiger partial charge in [-0.15, -0.1) is 0 Å². The van der Waals surface area contributed by atoms with E-state index in [4.69, 9.17) is 0 Å². The van der Waals surface area contributed by atoms with Crippen molar-refractivity contribution in [1.29, 1.82) is 0 Å². The van der Waals surface area contributed by atoms with Crippen molar-refractivity contribution in [2.75, 3.05) is 29.7 Å². The summed E-state index contributed by atoms with van der Waals surface area (Å²) < 4.78 is 15.4. The number of piperidine rings is 3. The average molecular weight is 460 g/mol. The van der Waals surface area contributed by atoms with Gasteiger partial charge in [0.2, 0.25) is 5.91 Å². The zero-order chi connectivity index (χ0) is 22.6. The Bertz CT molecular complexity index is 1110. The molecule has 1 amide bonds. The van der Waals surface area contributed by atoms with E-state index in [0.29, 0.717) is 11.7 Å². The van der Waals surface area contributed by atoms with Gasteiger partial charge in [0.05, 0.1) is 11.7 Å². The second-order valence-electron chi connectivity index (χ2n) is 8.97. The lowest BCUT2D eigenvalue weighted by Gasteiger charge is -2.43. The summed E-state index contributed by atoms with van der Waals surface area (Å²) in [6.45, 7) is 3.17. The molecule has 0 aromatic heterocycles. The first kappa shape index (κ1) is 21.9. The van der Waals surface area contributed by atoms with Crippen LogP contribution in [0.1, 0.15) is 18.4 Å². The van der Waals surface area contributed by atoms with Crippen LogP contribution < -0.4 is 10.0 Å². The molecule has 0 radical (unpaired) electrons. The van der Waals surface area contributed by atoms with E-state index in [-0.39, 0.29) is 11.8 Å². The zero-order valence-corrected chi connectivity index (χ0v) is 19.4. The molecule has 0 saturated carbocycles. The molecule has 0 aliphatic carbocycles. The topological polar surface area (TPSA) is 61.4 Å². The lowest BCUT2D eigenvalue weighted by atomic mass is 9.78. The minimum absolute atomic E-state index is 0.111. The Hall–Kier alpha value is -2.96. The van der Waals surface area contributed by atoms with Gasteiger partial charge in [-0.1, -0.05) is 54.6 Å². The number of benzene rings is 3. The van der Waals surface area contributed by atoms with Gasteiger partial charge < -0.3 is 14.9 Å². The number of anilines is 2. The van der Waals surface area contributed by atoms with Gasteiger partial charge in [0.25, 0.3) is 0 Å². The molecule has 3 aromatic rings. The predicted octanol–water partition coefficient (Wildman–Crippen LogP) is 4.91. The molecule has 0 spiro atoms. The van der Waals surface area contributed by atoms with E-state index in [0.717, 1.165) is 60.5 Å². The van der Waals surface area contributed by atoms with Crippen molar-refractivity contribution < 1.29 is 9.00 Å². The van der Waals surface area contributed by atoms with Crippen LogP contribution in [0.5, 0.6) is 0 Å². The zero-order valence-electron chi connectivity index (χ0n) is 18.6. The Kier molecular flexibility index (Phi) is 6.55.